The van der Waals surface area contributed by atoms with Gasteiger partial charge in [-0.25, -0.2) is 9.59 Å². The third-order valence-corrected chi connectivity index (χ3v) is 6.47. The number of nitrogens with one attached hydrogen (secondary N) is 4. The maximum atomic E-state index is 11.7. The van der Waals surface area contributed by atoms with Gasteiger partial charge in [0.1, 0.15) is 0 Å². The fraction of sp³-hybridized carbons (Fsp3) is 0.778. The molecule has 6 amide bonds. The number of imide groups is 2. The number of hydrogen-bond acceptors (Lipinski definition) is 6. The number of hydrogen-bond donors (Lipinski definition) is 4. The number of urea groups is 2. The largest absolute Gasteiger partial charge is 0.337 e. The Bertz CT molecular complexity index is 514. The van der Waals surface area contributed by atoms with Gasteiger partial charge in [-0.2, -0.15) is 0 Å². The predicted molar refractivity (Wildman–Crippen MR) is 114 cm³/mol. The average Bonchev–Trinajstić information content (AvgIpc) is 3.14. The summed E-state index contributed by atoms with van der Waals surface area (Å²) in [5, 5.41) is 10.0. The van der Waals surface area contributed by atoms with Crippen molar-refractivity contribution < 1.29 is 19.2 Å². The molecule has 0 heterocycles. The standard InChI is InChI=1S/C18H32N4O4S2/c1-2-3-4-5-10-15(23)21-17(25)19-11-12-27-28-13-16(24)22-18(26)20-14-8-6-7-9-14/h14H,2-13H2,1H3,(H2,19,21,23,25)(H2,20,22,24,26). The van der Waals surface area contributed by atoms with E-state index in [9.17, 15) is 19.2 Å². The van der Waals surface area contributed by atoms with Crippen molar-refractivity contribution in [1.82, 2.24) is 21.3 Å². The van der Waals surface area contributed by atoms with E-state index in [1.807, 2.05) is 0 Å². The summed E-state index contributed by atoms with van der Waals surface area (Å²) in [4.78, 5) is 46.5. The van der Waals surface area contributed by atoms with E-state index in [-0.39, 0.29) is 23.6 Å². The van der Waals surface area contributed by atoms with Crippen molar-refractivity contribution in [3.05, 3.63) is 0 Å². The fourth-order valence-electron chi connectivity index (χ4n) is 2.76. The van der Waals surface area contributed by atoms with Crippen molar-refractivity contribution in [2.24, 2.45) is 0 Å². The molecule has 28 heavy (non-hydrogen) atoms. The fourth-order valence-corrected chi connectivity index (χ4v) is 4.50. The molecular formula is C18H32N4O4S2. The van der Waals surface area contributed by atoms with Crippen molar-refractivity contribution >= 4 is 45.5 Å². The highest BCUT2D eigenvalue weighted by Crippen LogP contribution is 2.20. The van der Waals surface area contributed by atoms with E-state index in [2.05, 4.69) is 28.2 Å². The molecule has 0 saturated heterocycles. The Morgan fingerprint density at radius 1 is 0.893 bits per heavy atom. The molecule has 0 aromatic carbocycles. The third kappa shape index (κ3) is 12.9. The van der Waals surface area contributed by atoms with Gasteiger partial charge in [0.05, 0.1) is 5.75 Å². The molecule has 0 spiro atoms. The van der Waals surface area contributed by atoms with Crippen LogP contribution in [0.2, 0.25) is 0 Å². The summed E-state index contributed by atoms with van der Waals surface area (Å²) >= 11 is 0. The topological polar surface area (TPSA) is 116 Å². The van der Waals surface area contributed by atoms with Crippen LogP contribution in [0.4, 0.5) is 9.59 Å². The molecule has 0 bridgehead atoms. The van der Waals surface area contributed by atoms with Crippen molar-refractivity contribution in [3.8, 4) is 0 Å². The first-order valence-electron chi connectivity index (χ1n) is 9.93. The van der Waals surface area contributed by atoms with Gasteiger partial charge in [-0.15, -0.1) is 0 Å². The van der Waals surface area contributed by atoms with Crippen LogP contribution in [-0.4, -0.2) is 48.0 Å². The summed E-state index contributed by atoms with van der Waals surface area (Å²) in [7, 11) is 2.73. The highest BCUT2D eigenvalue weighted by Gasteiger charge is 2.18. The van der Waals surface area contributed by atoms with Gasteiger partial charge < -0.3 is 10.6 Å². The lowest BCUT2D eigenvalue weighted by molar-refractivity contribution is -0.120. The molecule has 160 valence electrons. The Hall–Kier alpha value is -1.42. The smallest absolute Gasteiger partial charge is 0.321 e. The number of rotatable bonds is 12. The molecule has 0 unspecified atom stereocenters. The minimum absolute atomic E-state index is 0.158. The SMILES string of the molecule is CCCCCCC(=O)NC(=O)NCCSSCC(=O)NC(=O)NC1CCCC1. The minimum atomic E-state index is -0.493. The van der Waals surface area contributed by atoms with Gasteiger partial charge in [0.15, 0.2) is 0 Å². The van der Waals surface area contributed by atoms with Crippen LogP contribution in [0, 0.1) is 0 Å². The molecule has 1 aliphatic carbocycles. The second-order valence-electron chi connectivity index (χ2n) is 6.70. The van der Waals surface area contributed by atoms with E-state index < -0.39 is 12.1 Å². The monoisotopic (exact) mass is 432 g/mol. The number of amides is 6. The molecule has 4 N–H and O–H groups in total. The van der Waals surface area contributed by atoms with E-state index in [4.69, 9.17) is 0 Å². The maximum Gasteiger partial charge on any atom is 0.321 e. The van der Waals surface area contributed by atoms with Gasteiger partial charge in [-0.1, -0.05) is 60.6 Å². The number of carbonyl (C=O) groups excluding carboxylic acids is 4. The van der Waals surface area contributed by atoms with Crippen LogP contribution < -0.4 is 21.3 Å². The van der Waals surface area contributed by atoms with Crippen molar-refractivity contribution in [2.75, 3.05) is 18.1 Å². The summed E-state index contributed by atoms with van der Waals surface area (Å²) in [6.07, 6.45) is 8.52. The molecule has 0 aliphatic heterocycles. The van der Waals surface area contributed by atoms with Crippen molar-refractivity contribution in [3.63, 3.8) is 0 Å². The molecule has 0 atom stereocenters. The quantitative estimate of drug-likeness (QED) is 0.278. The highest BCUT2D eigenvalue weighted by atomic mass is 33.1. The minimum Gasteiger partial charge on any atom is -0.337 e. The normalized spacial score (nSPS) is 13.8. The van der Waals surface area contributed by atoms with Crippen LogP contribution >= 0.6 is 21.6 Å². The highest BCUT2D eigenvalue weighted by molar-refractivity contribution is 8.76. The zero-order chi connectivity index (χ0) is 20.6. The molecule has 1 fully saturated rings. The van der Waals surface area contributed by atoms with Crippen LogP contribution in [0.3, 0.4) is 0 Å². The average molecular weight is 433 g/mol. The van der Waals surface area contributed by atoms with Gasteiger partial charge in [-0.05, 0) is 19.3 Å². The maximum absolute atomic E-state index is 11.7. The molecule has 8 nitrogen and oxygen atoms in total. The van der Waals surface area contributed by atoms with E-state index in [0.717, 1.165) is 51.4 Å². The van der Waals surface area contributed by atoms with Crippen LogP contribution in [-0.2, 0) is 9.59 Å². The first-order valence-corrected chi connectivity index (χ1v) is 12.4. The second kappa shape index (κ2) is 15.5. The van der Waals surface area contributed by atoms with Gasteiger partial charge in [-0.3, -0.25) is 20.2 Å². The Morgan fingerprint density at radius 3 is 2.32 bits per heavy atom. The van der Waals surface area contributed by atoms with E-state index >= 15 is 0 Å². The number of unbranched alkanes of at least 4 members (excludes halogenated alkanes) is 3. The van der Waals surface area contributed by atoms with E-state index in [1.165, 1.54) is 21.6 Å². The van der Waals surface area contributed by atoms with Crippen molar-refractivity contribution in [2.45, 2.75) is 70.8 Å². The Balaban J connectivity index is 1.95. The summed E-state index contributed by atoms with van der Waals surface area (Å²) in [5.41, 5.74) is 0. The zero-order valence-corrected chi connectivity index (χ0v) is 18.1. The number of carbonyl (C=O) groups is 4. The van der Waals surface area contributed by atoms with Crippen LogP contribution in [0.5, 0.6) is 0 Å². The zero-order valence-electron chi connectivity index (χ0n) is 16.5. The lowest BCUT2D eigenvalue weighted by atomic mass is 10.1. The van der Waals surface area contributed by atoms with E-state index in [0.29, 0.717) is 18.7 Å². The van der Waals surface area contributed by atoms with Crippen LogP contribution in [0.1, 0.15) is 64.7 Å². The lowest BCUT2D eigenvalue weighted by Crippen LogP contribution is -2.44. The lowest BCUT2D eigenvalue weighted by Gasteiger charge is -2.12. The van der Waals surface area contributed by atoms with E-state index in [1.54, 1.807) is 0 Å². The Morgan fingerprint density at radius 2 is 1.61 bits per heavy atom. The Labute approximate surface area is 174 Å². The third-order valence-electron chi connectivity index (χ3n) is 4.20. The van der Waals surface area contributed by atoms with Crippen LogP contribution in [0.15, 0.2) is 0 Å². The van der Waals surface area contributed by atoms with Gasteiger partial charge in [0, 0.05) is 24.8 Å². The molecule has 10 heteroatoms. The molecule has 0 aromatic heterocycles. The summed E-state index contributed by atoms with van der Waals surface area (Å²) in [5.74, 6) is 0.144. The summed E-state index contributed by atoms with van der Waals surface area (Å²) < 4.78 is 0. The summed E-state index contributed by atoms with van der Waals surface area (Å²) in [6, 6.07) is -0.747. The molecule has 1 saturated carbocycles. The van der Waals surface area contributed by atoms with Crippen LogP contribution in [0.25, 0.3) is 0 Å². The van der Waals surface area contributed by atoms with Gasteiger partial charge in [0.25, 0.3) is 0 Å². The first-order chi connectivity index (χ1) is 13.5. The van der Waals surface area contributed by atoms with Gasteiger partial charge >= 0.3 is 12.1 Å². The molecular weight excluding hydrogens is 400 g/mol. The first kappa shape index (κ1) is 24.6. The molecule has 1 rings (SSSR count). The summed E-state index contributed by atoms with van der Waals surface area (Å²) in [6.45, 7) is 2.49. The van der Waals surface area contributed by atoms with Gasteiger partial charge in [0.2, 0.25) is 11.8 Å². The molecule has 1 aliphatic rings. The van der Waals surface area contributed by atoms with Crippen molar-refractivity contribution in [1.29, 1.82) is 0 Å². The molecule has 0 aromatic rings. The molecule has 0 radical (unpaired) electrons. The second-order valence-corrected chi connectivity index (χ2v) is 9.28. The predicted octanol–water partition coefficient (Wildman–Crippen LogP) is 2.93. The Kier molecular flexibility index (Phi) is 13.6.